The maximum atomic E-state index is 11.9. The maximum Gasteiger partial charge on any atom is 0.387 e. The number of carbonyl (C=O) groups is 2. The lowest BCUT2D eigenvalue weighted by Crippen LogP contribution is -2.40. The van der Waals surface area contributed by atoms with Gasteiger partial charge >= 0.3 is 12.6 Å². The molecule has 0 radical (unpaired) electrons. The third kappa shape index (κ3) is 5.21. The summed E-state index contributed by atoms with van der Waals surface area (Å²) in [5, 5.41) is 11.2. The lowest BCUT2D eigenvalue weighted by atomic mass is 10.1. The lowest BCUT2D eigenvalue weighted by molar-refractivity contribution is -0.141. The number of carbonyl (C=O) groups excluding carboxylic acids is 1. The fourth-order valence-electron chi connectivity index (χ4n) is 1.56. The summed E-state index contributed by atoms with van der Waals surface area (Å²) in [7, 11) is 0. The lowest BCUT2D eigenvalue weighted by Gasteiger charge is -2.12. The third-order valence-electron chi connectivity index (χ3n) is 2.55. The van der Waals surface area contributed by atoms with Crippen molar-refractivity contribution in [3.8, 4) is 5.75 Å². The SMILES string of the molecule is CCC(NC(=O)Cc1ccc(OC(F)F)cc1)C(=O)O. The van der Waals surface area contributed by atoms with Crippen LogP contribution in [0.5, 0.6) is 5.75 Å². The molecule has 0 aromatic heterocycles. The highest BCUT2D eigenvalue weighted by molar-refractivity contribution is 5.84. The number of aliphatic carboxylic acids is 1. The van der Waals surface area contributed by atoms with Gasteiger partial charge in [0.25, 0.3) is 0 Å². The molecule has 0 fully saturated rings. The van der Waals surface area contributed by atoms with E-state index in [-0.39, 0.29) is 18.6 Å². The summed E-state index contributed by atoms with van der Waals surface area (Å²) in [6.07, 6.45) is 0.251. The Bertz CT molecular complexity index is 462. The number of rotatable bonds is 7. The highest BCUT2D eigenvalue weighted by Gasteiger charge is 2.17. The van der Waals surface area contributed by atoms with Gasteiger partial charge in [-0.3, -0.25) is 4.79 Å². The third-order valence-corrected chi connectivity index (χ3v) is 2.55. The zero-order valence-corrected chi connectivity index (χ0v) is 10.8. The second-order valence-corrected chi connectivity index (χ2v) is 4.07. The van der Waals surface area contributed by atoms with Crippen molar-refractivity contribution in [1.29, 1.82) is 0 Å². The Hall–Kier alpha value is -2.18. The Morgan fingerprint density at radius 1 is 1.30 bits per heavy atom. The molecule has 20 heavy (non-hydrogen) atoms. The average molecular weight is 287 g/mol. The number of halogens is 2. The van der Waals surface area contributed by atoms with Crippen molar-refractivity contribution in [3.63, 3.8) is 0 Å². The summed E-state index contributed by atoms with van der Waals surface area (Å²) in [5.74, 6) is -1.54. The molecule has 1 unspecified atom stereocenters. The second kappa shape index (κ2) is 7.42. The van der Waals surface area contributed by atoms with Crippen molar-refractivity contribution < 1.29 is 28.2 Å². The van der Waals surface area contributed by atoms with E-state index in [1.165, 1.54) is 24.3 Å². The standard InChI is InChI=1S/C13H15F2NO4/c1-2-10(12(18)19)16-11(17)7-8-3-5-9(6-4-8)20-13(14)15/h3-6,10,13H,2,7H2,1H3,(H,16,17)(H,18,19). The van der Waals surface area contributed by atoms with Gasteiger partial charge in [-0.25, -0.2) is 4.79 Å². The molecule has 1 rings (SSSR count). The maximum absolute atomic E-state index is 11.9. The number of amides is 1. The van der Waals surface area contributed by atoms with Gasteiger partial charge in [0.05, 0.1) is 6.42 Å². The largest absolute Gasteiger partial charge is 0.480 e. The van der Waals surface area contributed by atoms with Crippen molar-refractivity contribution in [2.45, 2.75) is 32.4 Å². The van der Waals surface area contributed by atoms with Crippen molar-refractivity contribution in [3.05, 3.63) is 29.8 Å². The van der Waals surface area contributed by atoms with E-state index in [9.17, 15) is 18.4 Å². The van der Waals surface area contributed by atoms with Gasteiger partial charge in [-0.1, -0.05) is 19.1 Å². The predicted molar refractivity (Wildman–Crippen MR) is 66.6 cm³/mol. The van der Waals surface area contributed by atoms with E-state index in [2.05, 4.69) is 10.1 Å². The van der Waals surface area contributed by atoms with Crippen LogP contribution in [-0.4, -0.2) is 29.6 Å². The molecule has 1 aromatic rings. The number of alkyl halides is 2. The fourth-order valence-corrected chi connectivity index (χ4v) is 1.56. The van der Waals surface area contributed by atoms with Crippen LogP contribution in [0.25, 0.3) is 0 Å². The molecule has 0 heterocycles. The van der Waals surface area contributed by atoms with Gasteiger partial charge in [0.1, 0.15) is 11.8 Å². The Labute approximate surface area is 114 Å². The van der Waals surface area contributed by atoms with E-state index in [0.717, 1.165) is 0 Å². The van der Waals surface area contributed by atoms with Gasteiger partial charge in [-0.2, -0.15) is 8.78 Å². The van der Waals surface area contributed by atoms with Crippen LogP contribution in [0.15, 0.2) is 24.3 Å². The summed E-state index contributed by atoms with van der Waals surface area (Å²) in [5.41, 5.74) is 0.573. The first-order chi connectivity index (χ1) is 9.42. The first-order valence-corrected chi connectivity index (χ1v) is 5.98. The first-order valence-electron chi connectivity index (χ1n) is 5.98. The molecule has 0 saturated heterocycles. The normalized spacial score (nSPS) is 12.0. The van der Waals surface area contributed by atoms with Crippen molar-refractivity contribution in [2.24, 2.45) is 0 Å². The quantitative estimate of drug-likeness (QED) is 0.802. The van der Waals surface area contributed by atoms with Crippen molar-refractivity contribution in [2.75, 3.05) is 0 Å². The van der Waals surface area contributed by atoms with E-state index in [1.54, 1.807) is 6.92 Å². The molecule has 1 aromatic carbocycles. The highest BCUT2D eigenvalue weighted by Crippen LogP contribution is 2.15. The van der Waals surface area contributed by atoms with Gasteiger partial charge < -0.3 is 15.2 Å². The molecule has 0 spiro atoms. The number of benzene rings is 1. The van der Waals surface area contributed by atoms with Crippen LogP contribution in [0.1, 0.15) is 18.9 Å². The minimum atomic E-state index is -2.90. The molecule has 0 aliphatic heterocycles. The predicted octanol–water partition coefficient (Wildman–Crippen LogP) is 1.81. The van der Waals surface area contributed by atoms with Gasteiger partial charge in [0.2, 0.25) is 5.91 Å². The van der Waals surface area contributed by atoms with Crippen LogP contribution < -0.4 is 10.1 Å². The number of nitrogens with one attached hydrogen (secondary N) is 1. The number of hydrogen-bond donors (Lipinski definition) is 2. The van der Waals surface area contributed by atoms with E-state index in [4.69, 9.17) is 5.11 Å². The Morgan fingerprint density at radius 3 is 2.35 bits per heavy atom. The molecule has 0 aliphatic rings. The van der Waals surface area contributed by atoms with Crippen LogP contribution in [0.4, 0.5) is 8.78 Å². The summed E-state index contributed by atoms with van der Waals surface area (Å²) < 4.78 is 28.1. The molecule has 2 N–H and O–H groups in total. The van der Waals surface area contributed by atoms with Gasteiger partial charge in [-0.15, -0.1) is 0 Å². The molecular weight excluding hydrogens is 272 g/mol. The Morgan fingerprint density at radius 2 is 1.90 bits per heavy atom. The van der Waals surface area contributed by atoms with Crippen LogP contribution >= 0.6 is 0 Å². The number of hydrogen-bond acceptors (Lipinski definition) is 3. The number of ether oxygens (including phenoxy) is 1. The molecule has 110 valence electrons. The summed E-state index contributed by atoms with van der Waals surface area (Å²) in [6.45, 7) is -1.25. The molecule has 5 nitrogen and oxygen atoms in total. The monoisotopic (exact) mass is 287 g/mol. The smallest absolute Gasteiger partial charge is 0.387 e. The number of carboxylic acid groups (broad SMARTS) is 1. The van der Waals surface area contributed by atoms with Gasteiger partial charge in [0, 0.05) is 0 Å². The van der Waals surface area contributed by atoms with Crippen molar-refractivity contribution >= 4 is 11.9 Å². The van der Waals surface area contributed by atoms with E-state index in [1.807, 2.05) is 0 Å². The minimum absolute atomic E-state index is 0.00105. The molecule has 1 atom stereocenters. The van der Waals surface area contributed by atoms with E-state index < -0.39 is 24.5 Å². The second-order valence-electron chi connectivity index (χ2n) is 4.07. The summed E-state index contributed by atoms with van der Waals surface area (Å²) >= 11 is 0. The highest BCUT2D eigenvalue weighted by atomic mass is 19.3. The summed E-state index contributed by atoms with van der Waals surface area (Å²) in [4.78, 5) is 22.4. The van der Waals surface area contributed by atoms with E-state index >= 15 is 0 Å². The van der Waals surface area contributed by atoms with E-state index in [0.29, 0.717) is 5.56 Å². The molecule has 0 saturated carbocycles. The molecule has 0 aliphatic carbocycles. The van der Waals surface area contributed by atoms with Gasteiger partial charge in [0.15, 0.2) is 0 Å². The zero-order chi connectivity index (χ0) is 15.1. The van der Waals surface area contributed by atoms with Crippen LogP contribution in [-0.2, 0) is 16.0 Å². The Kier molecular flexibility index (Phi) is 5.89. The van der Waals surface area contributed by atoms with Crippen LogP contribution in [0.3, 0.4) is 0 Å². The molecule has 7 heteroatoms. The van der Waals surface area contributed by atoms with Crippen molar-refractivity contribution in [1.82, 2.24) is 5.32 Å². The Balaban J connectivity index is 2.55. The summed E-state index contributed by atoms with van der Waals surface area (Å²) in [6, 6.07) is 4.66. The number of carboxylic acids is 1. The fraction of sp³-hybridized carbons (Fsp3) is 0.385. The first kappa shape index (κ1) is 15.9. The molecule has 0 bridgehead atoms. The average Bonchev–Trinajstić information content (AvgIpc) is 2.37. The molecule has 1 amide bonds. The zero-order valence-electron chi connectivity index (χ0n) is 10.8. The topological polar surface area (TPSA) is 75.6 Å². The van der Waals surface area contributed by atoms with Crippen LogP contribution in [0.2, 0.25) is 0 Å². The van der Waals surface area contributed by atoms with Crippen LogP contribution in [0, 0.1) is 0 Å². The van der Waals surface area contributed by atoms with Gasteiger partial charge in [-0.05, 0) is 24.1 Å². The minimum Gasteiger partial charge on any atom is -0.480 e. The molecular formula is C13H15F2NO4.